The first kappa shape index (κ1) is 17.0. The predicted molar refractivity (Wildman–Crippen MR) is 101 cm³/mol. The molecule has 1 aromatic heterocycles. The number of rotatable bonds is 3. The number of para-hydroxylation sites is 2. The summed E-state index contributed by atoms with van der Waals surface area (Å²) in [5, 5.41) is 6.14. The van der Waals surface area contributed by atoms with Crippen molar-refractivity contribution in [2.45, 2.75) is 12.5 Å². The molecule has 1 saturated heterocycles. The van der Waals surface area contributed by atoms with E-state index >= 15 is 0 Å². The number of fused-ring (bicyclic) bond motifs is 1. The van der Waals surface area contributed by atoms with Gasteiger partial charge in [0.05, 0.1) is 22.9 Å². The van der Waals surface area contributed by atoms with Crippen LogP contribution in [0, 0.1) is 5.82 Å². The molecule has 1 fully saturated rings. The van der Waals surface area contributed by atoms with Crippen molar-refractivity contribution in [3.8, 4) is 0 Å². The second-order valence-corrected chi connectivity index (χ2v) is 6.34. The van der Waals surface area contributed by atoms with E-state index in [4.69, 9.17) is 0 Å². The number of pyridine rings is 1. The number of nitrogens with one attached hydrogen (secondary N) is 2. The van der Waals surface area contributed by atoms with E-state index in [0.29, 0.717) is 6.54 Å². The number of nitrogens with zero attached hydrogens (tertiary/aromatic N) is 2. The van der Waals surface area contributed by atoms with Crippen LogP contribution in [-0.2, 0) is 4.79 Å². The molecule has 1 unspecified atom stereocenters. The van der Waals surface area contributed by atoms with Crippen molar-refractivity contribution in [3.05, 3.63) is 66.6 Å². The average molecular weight is 364 g/mol. The van der Waals surface area contributed by atoms with Gasteiger partial charge in [0.2, 0.25) is 5.91 Å². The molecule has 4 rings (SSSR count). The van der Waals surface area contributed by atoms with Crippen LogP contribution in [0.25, 0.3) is 10.9 Å². The summed E-state index contributed by atoms with van der Waals surface area (Å²) in [7, 11) is 0. The molecule has 3 aromatic rings. The molecule has 0 spiro atoms. The van der Waals surface area contributed by atoms with Crippen LogP contribution in [-0.4, -0.2) is 29.5 Å². The Bertz CT molecular complexity index is 1020. The summed E-state index contributed by atoms with van der Waals surface area (Å²) in [5.74, 6) is -0.608. The summed E-state index contributed by atoms with van der Waals surface area (Å²) >= 11 is 0. The van der Waals surface area contributed by atoms with Gasteiger partial charge >= 0.3 is 6.03 Å². The monoisotopic (exact) mass is 364 g/mol. The van der Waals surface area contributed by atoms with E-state index in [0.717, 1.165) is 16.6 Å². The van der Waals surface area contributed by atoms with Gasteiger partial charge in [-0.05, 0) is 24.3 Å². The van der Waals surface area contributed by atoms with Crippen molar-refractivity contribution in [2.75, 3.05) is 16.8 Å². The minimum Gasteiger partial charge on any atom is -0.333 e. The highest BCUT2D eigenvalue weighted by Crippen LogP contribution is 2.28. The lowest BCUT2D eigenvalue weighted by Gasteiger charge is -2.19. The van der Waals surface area contributed by atoms with E-state index in [1.807, 2.05) is 30.3 Å². The van der Waals surface area contributed by atoms with Gasteiger partial charge in [0.1, 0.15) is 5.82 Å². The van der Waals surface area contributed by atoms with Gasteiger partial charge in [-0.1, -0.05) is 30.3 Å². The first-order valence-electron chi connectivity index (χ1n) is 8.58. The number of halogens is 1. The fraction of sp³-hybridized carbons (Fsp3) is 0.150. The molecule has 7 heteroatoms. The third-order valence-corrected chi connectivity index (χ3v) is 4.48. The number of anilines is 2. The molecular formula is C20H17FN4O2. The quantitative estimate of drug-likeness (QED) is 0.749. The van der Waals surface area contributed by atoms with Crippen LogP contribution in [0.3, 0.4) is 0 Å². The topological polar surface area (TPSA) is 74.3 Å². The molecule has 0 bridgehead atoms. The van der Waals surface area contributed by atoms with Gasteiger partial charge in [-0.3, -0.25) is 9.78 Å². The van der Waals surface area contributed by atoms with Crippen LogP contribution in [0.5, 0.6) is 0 Å². The zero-order valence-electron chi connectivity index (χ0n) is 14.4. The lowest BCUT2D eigenvalue weighted by molar-refractivity contribution is -0.117. The summed E-state index contributed by atoms with van der Waals surface area (Å²) in [4.78, 5) is 30.6. The Morgan fingerprint density at radius 1 is 1.11 bits per heavy atom. The molecule has 0 saturated carbocycles. The molecule has 2 aromatic carbocycles. The zero-order valence-corrected chi connectivity index (χ0v) is 14.4. The Balaban J connectivity index is 1.48. The fourth-order valence-corrected chi connectivity index (χ4v) is 3.25. The highest BCUT2D eigenvalue weighted by atomic mass is 19.1. The number of amides is 3. The van der Waals surface area contributed by atoms with Gasteiger partial charge in [-0.25, -0.2) is 9.18 Å². The van der Waals surface area contributed by atoms with E-state index in [9.17, 15) is 14.0 Å². The van der Waals surface area contributed by atoms with Crippen molar-refractivity contribution in [3.63, 3.8) is 0 Å². The summed E-state index contributed by atoms with van der Waals surface area (Å²) in [6.07, 6.45) is 1.86. The third kappa shape index (κ3) is 3.44. The highest BCUT2D eigenvalue weighted by Gasteiger charge is 2.32. The van der Waals surface area contributed by atoms with E-state index in [1.54, 1.807) is 23.2 Å². The second kappa shape index (κ2) is 7.03. The number of hydrogen-bond acceptors (Lipinski definition) is 3. The molecule has 27 heavy (non-hydrogen) atoms. The average Bonchev–Trinajstić information content (AvgIpc) is 3.03. The lowest BCUT2D eigenvalue weighted by Crippen LogP contribution is -2.39. The second-order valence-electron chi connectivity index (χ2n) is 6.34. The number of carbonyl (C=O) groups excluding carboxylic acids is 2. The lowest BCUT2D eigenvalue weighted by atomic mass is 10.2. The Labute approximate surface area is 155 Å². The van der Waals surface area contributed by atoms with Crippen molar-refractivity contribution < 1.29 is 14.0 Å². The van der Waals surface area contributed by atoms with Gasteiger partial charge in [0.15, 0.2) is 0 Å². The third-order valence-electron chi connectivity index (χ3n) is 4.48. The molecule has 1 aliphatic heterocycles. The largest absolute Gasteiger partial charge is 0.333 e. The van der Waals surface area contributed by atoms with Crippen molar-refractivity contribution in [1.82, 2.24) is 10.3 Å². The normalized spacial score (nSPS) is 16.6. The number of hydrogen-bond donors (Lipinski definition) is 2. The first-order chi connectivity index (χ1) is 13.1. The molecule has 1 atom stereocenters. The fourth-order valence-electron chi connectivity index (χ4n) is 3.25. The van der Waals surface area contributed by atoms with E-state index < -0.39 is 11.8 Å². The van der Waals surface area contributed by atoms with Gasteiger partial charge in [0, 0.05) is 24.5 Å². The van der Waals surface area contributed by atoms with Crippen LogP contribution >= 0.6 is 0 Å². The Hall–Kier alpha value is -3.48. The molecule has 136 valence electrons. The summed E-state index contributed by atoms with van der Waals surface area (Å²) in [6, 6.07) is 14.4. The SMILES string of the molecule is O=C(Nc1ccccc1F)NC1CC(=O)N(c2cccc3cccnc23)C1. The predicted octanol–water partition coefficient (Wildman–Crippen LogP) is 3.30. The molecule has 0 radical (unpaired) electrons. The molecule has 6 nitrogen and oxygen atoms in total. The Kier molecular flexibility index (Phi) is 4.42. The first-order valence-corrected chi connectivity index (χ1v) is 8.58. The number of benzene rings is 2. The van der Waals surface area contributed by atoms with E-state index in [1.165, 1.54) is 12.1 Å². The standard InChI is InChI=1S/C20H17FN4O2/c21-15-7-1-2-8-16(15)24-20(27)23-14-11-18(26)25(12-14)17-9-3-5-13-6-4-10-22-19(13)17/h1-10,14H,11-12H2,(H2,23,24,27). The summed E-state index contributed by atoms with van der Waals surface area (Å²) < 4.78 is 13.6. The zero-order chi connectivity index (χ0) is 18.8. The molecule has 2 heterocycles. The summed E-state index contributed by atoms with van der Waals surface area (Å²) in [6.45, 7) is 0.333. The van der Waals surface area contributed by atoms with Crippen molar-refractivity contribution in [1.29, 1.82) is 0 Å². The van der Waals surface area contributed by atoms with Crippen LogP contribution in [0.2, 0.25) is 0 Å². The van der Waals surface area contributed by atoms with E-state index in [2.05, 4.69) is 15.6 Å². The van der Waals surface area contributed by atoms with Crippen LogP contribution in [0.15, 0.2) is 60.8 Å². The molecule has 3 amide bonds. The molecule has 0 aliphatic carbocycles. The van der Waals surface area contributed by atoms with Crippen molar-refractivity contribution >= 4 is 34.2 Å². The maximum atomic E-state index is 13.6. The number of carbonyl (C=O) groups is 2. The number of aromatic nitrogens is 1. The maximum Gasteiger partial charge on any atom is 0.319 e. The molecular weight excluding hydrogens is 347 g/mol. The molecule has 2 N–H and O–H groups in total. The molecule has 1 aliphatic rings. The minimum absolute atomic E-state index is 0.0921. The maximum absolute atomic E-state index is 13.6. The smallest absolute Gasteiger partial charge is 0.319 e. The van der Waals surface area contributed by atoms with E-state index in [-0.39, 0.29) is 24.1 Å². The number of urea groups is 1. The van der Waals surface area contributed by atoms with Crippen LogP contribution < -0.4 is 15.5 Å². The van der Waals surface area contributed by atoms with Crippen molar-refractivity contribution in [2.24, 2.45) is 0 Å². The van der Waals surface area contributed by atoms with Gasteiger partial charge in [-0.15, -0.1) is 0 Å². The van der Waals surface area contributed by atoms with Gasteiger partial charge in [0.25, 0.3) is 0 Å². The highest BCUT2D eigenvalue weighted by molar-refractivity contribution is 6.04. The van der Waals surface area contributed by atoms with Crippen LogP contribution in [0.4, 0.5) is 20.6 Å². The Morgan fingerprint density at radius 2 is 1.93 bits per heavy atom. The van der Waals surface area contributed by atoms with Crippen LogP contribution in [0.1, 0.15) is 6.42 Å². The Morgan fingerprint density at radius 3 is 2.78 bits per heavy atom. The van der Waals surface area contributed by atoms with Gasteiger partial charge < -0.3 is 15.5 Å². The summed E-state index contributed by atoms with van der Waals surface area (Å²) in [5.41, 5.74) is 1.55. The minimum atomic E-state index is -0.546. The van der Waals surface area contributed by atoms with Gasteiger partial charge in [-0.2, -0.15) is 0 Å².